The van der Waals surface area contributed by atoms with Gasteiger partial charge in [0.05, 0.1) is 24.3 Å². The van der Waals surface area contributed by atoms with Crippen LogP contribution in [0.1, 0.15) is 5.56 Å². The SMILES string of the molecule is CN(CC(=O)Nc1ccc(Cl)cc1)CC(=O)Nc1ccccc1C(F)(F)F. The fourth-order valence-corrected chi connectivity index (χ4v) is 2.43. The number of amides is 2. The van der Waals surface area contributed by atoms with Crippen LogP contribution in [0.25, 0.3) is 0 Å². The molecule has 0 fully saturated rings. The number of rotatable bonds is 6. The molecule has 144 valence electrons. The van der Waals surface area contributed by atoms with E-state index in [-0.39, 0.29) is 24.7 Å². The molecule has 0 radical (unpaired) electrons. The van der Waals surface area contributed by atoms with E-state index >= 15 is 0 Å². The first-order valence-corrected chi connectivity index (χ1v) is 8.23. The van der Waals surface area contributed by atoms with Crippen LogP contribution in [-0.2, 0) is 15.8 Å². The number of nitrogens with zero attached hydrogens (tertiary/aromatic N) is 1. The minimum atomic E-state index is -4.58. The number of anilines is 2. The predicted molar refractivity (Wildman–Crippen MR) is 97.7 cm³/mol. The molecule has 0 bridgehead atoms. The van der Waals surface area contributed by atoms with Crippen molar-refractivity contribution in [3.05, 3.63) is 59.1 Å². The second kappa shape index (κ2) is 8.88. The number of carbonyl (C=O) groups excluding carboxylic acids is 2. The largest absolute Gasteiger partial charge is 0.418 e. The van der Waals surface area contributed by atoms with E-state index in [1.54, 1.807) is 24.3 Å². The number of para-hydroxylation sites is 1. The summed E-state index contributed by atoms with van der Waals surface area (Å²) in [5, 5.41) is 5.39. The molecular formula is C18H17ClF3N3O2. The minimum Gasteiger partial charge on any atom is -0.325 e. The average Bonchev–Trinajstić information content (AvgIpc) is 2.56. The third kappa shape index (κ3) is 6.58. The molecule has 0 unspecified atom stereocenters. The first-order valence-electron chi connectivity index (χ1n) is 7.85. The summed E-state index contributed by atoms with van der Waals surface area (Å²) in [6, 6.07) is 11.2. The number of nitrogens with one attached hydrogen (secondary N) is 2. The lowest BCUT2D eigenvalue weighted by atomic mass is 10.1. The molecule has 9 heteroatoms. The van der Waals surface area contributed by atoms with E-state index < -0.39 is 17.6 Å². The fraction of sp³-hybridized carbons (Fsp3) is 0.222. The van der Waals surface area contributed by atoms with Gasteiger partial charge in [0, 0.05) is 10.7 Å². The Bertz CT molecular complexity index is 810. The van der Waals surface area contributed by atoms with Crippen LogP contribution >= 0.6 is 11.6 Å². The lowest BCUT2D eigenvalue weighted by Gasteiger charge is -2.17. The summed E-state index contributed by atoms with van der Waals surface area (Å²) in [6.07, 6.45) is -4.58. The Morgan fingerprint density at radius 3 is 2.11 bits per heavy atom. The molecule has 2 aromatic carbocycles. The van der Waals surface area contributed by atoms with Crippen molar-refractivity contribution in [2.45, 2.75) is 6.18 Å². The molecule has 0 saturated heterocycles. The molecule has 0 aromatic heterocycles. The molecule has 0 saturated carbocycles. The van der Waals surface area contributed by atoms with Crippen molar-refractivity contribution >= 4 is 34.8 Å². The summed E-state index contributed by atoms with van der Waals surface area (Å²) < 4.78 is 38.8. The van der Waals surface area contributed by atoms with Gasteiger partial charge in [-0.15, -0.1) is 0 Å². The van der Waals surface area contributed by atoms with Crippen molar-refractivity contribution in [2.24, 2.45) is 0 Å². The number of halogens is 4. The van der Waals surface area contributed by atoms with Gasteiger partial charge < -0.3 is 10.6 Å². The van der Waals surface area contributed by atoms with Crippen molar-refractivity contribution in [1.82, 2.24) is 4.90 Å². The molecule has 2 rings (SSSR count). The van der Waals surface area contributed by atoms with E-state index in [4.69, 9.17) is 11.6 Å². The predicted octanol–water partition coefficient (Wildman–Crippen LogP) is 3.87. The van der Waals surface area contributed by atoms with E-state index in [2.05, 4.69) is 10.6 Å². The zero-order valence-electron chi connectivity index (χ0n) is 14.3. The van der Waals surface area contributed by atoms with Gasteiger partial charge in [0.25, 0.3) is 0 Å². The molecule has 2 amide bonds. The molecule has 27 heavy (non-hydrogen) atoms. The molecule has 0 heterocycles. The number of hydrogen-bond acceptors (Lipinski definition) is 3. The number of alkyl halides is 3. The number of carbonyl (C=O) groups is 2. The van der Waals surface area contributed by atoms with Gasteiger partial charge in [-0.1, -0.05) is 23.7 Å². The van der Waals surface area contributed by atoms with E-state index in [1.807, 2.05) is 0 Å². The quantitative estimate of drug-likeness (QED) is 0.775. The molecule has 0 aliphatic rings. The molecule has 2 aromatic rings. The third-order valence-corrected chi connectivity index (χ3v) is 3.71. The summed E-state index contributed by atoms with van der Waals surface area (Å²) in [7, 11) is 1.51. The van der Waals surface area contributed by atoms with E-state index in [0.717, 1.165) is 6.07 Å². The molecule has 0 aliphatic heterocycles. The lowest BCUT2D eigenvalue weighted by Crippen LogP contribution is -2.36. The van der Waals surface area contributed by atoms with Crippen LogP contribution in [-0.4, -0.2) is 36.9 Å². The highest BCUT2D eigenvalue weighted by Crippen LogP contribution is 2.34. The summed E-state index contributed by atoms with van der Waals surface area (Å²) in [4.78, 5) is 25.4. The van der Waals surface area contributed by atoms with Gasteiger partial charge in [-0.3, -0.25) is 14.5 Å². The normalized spacial score (nSPS) is 11.3. The maximum Gasteiger partial charge on any atom is 0.418 e. The van der Waals surface area contributed by atoms with Gasteiger partial charge in [0.1, 0.15) is 0 Å². The van der Waals surface area contributed by atoms with Crippen molar-refractivity contribution in [1.29, 1.82) is 0 Å². The maximum atomic E-state index is 12.9. The van der Waals surface area contributed by atoms with Crippen LogP contribution in [0, 0.1) is 0 Å². The second-order valence-corrected chi connectivity index (χ2v) is 6.26. The van der Waals surface area contributed by atoms with Gasteiger partial charge in [0.15, 0.2) is 0 Å². The summed E-state index contributed by atoms with van der Waals surface area (Å²) in [5.74, 6) is -1.03. The summed E-state index contributed by atoms with van der Waals surface area (Å²) in [5.41, 5.74) is -0.711. The van der Waals surface area contributed by atoms with Crippen LogP contribution in [0.5, 0.6) is 0 Å². The van der Waals surface area contributed by atoms with Crippen LogP contribution in [0.2, 0.25) is 5.02 Å². The minimum absolute atomic E-state index is 0.114. The standard InChI is InChI=1S/C18H17ClF3N3O2/c1-25(10-16(26)23-13-8-6-12(19)7-9-13)11-17(27)24-15-5-3-2-4-14(15)18(20,21)22/h2-9H,10-11H2,1H3,(H,23,26)(H,24,27). The summed E-state index contributed by atoms with van der Waals surface area (Å²) >= 11 is 5.76. The zero-order valence-corrected chi connectivity index (χ0v) is 15.1. The summed E-state index contributed by atoms with van der Waals surface area (Å²) in [6.45, 7) is -0.364. The Kier molecular flexibility index (Phi) is 6.81. The molecular weight excluding hydrogens is 383 g/mol. The molecule has 0 spiro atoms. The Balaban J connectivity index is 1.89. The van der Waals surface area contributed by atoms with Crippen molar-refractivity contribution < 1.29 is 22.8 Å². The number of likely N-dealkylation sites (N-methyl/N-ethyl adjacent to an activating group) is 1. The van der Waals surface area contributed by atoms with E-state index in [1.165, 1.54) is 30.1 Å². The number of hydrogen-bond donors (Lipinski definition) is 2. The second-order valence-electron chi connectivity index (χ2n) is 5.82. The molecule has 5 nitrogen and oxygen atoms in total. The third-order valence-electron chi connectivity index (χ3n) is 3.46. The van der Waals surface area contributed by atoms with Gasteiger partial charge in [0.2, 0.25) is 11.8 Å². The highest BCUT2D eigenvalue weighted by Gasteiger charge is 2.33. The van der Waals surface area contributed by atoms with E-state index in [9.17, 15) is 22.8 Å². The Hall–Kier alpha value is -2.58. The Morgan fingerprint density at radius 2 is 1.52 bits per heavy atom. The highest BCUT2D eigenvalue weighted by molar-refractivity contribution is 6.30. The molecule has 0 aliphatic carbocycles. The lowest BCUT2D eigenvalue weighted by molar-refractivity contribution is -0.137. The molecule has 0 atom stereocenters. The van der Waals surface area contributed by atoms with E-state index in [0.29, 0.717) is 10.7 Å². The van der Waals surface area contributed by atoms with Crippen molar-refractivity contribution in [3.63, 3.8) is 0 Å². The topological polar surface area (TPSA) is 61.4 Å². The van der Waals surface area contributed by atoms with Crippen LogP contribution in [0.15, 0.2) is 48.5 Å². The van der Waals surface area contributed by atoms with Crippen molar-refractivity contribution in [2.75, 3.05) is 30.8 Å². The van der Waals surface area contributed by atoms with Crippen LogP contribution in [0.4, 0.5) is 24.5 Å². The van der Waals surface area contributed by atoms with Gasteiger partial charge in [-0.05, 0) is 43.4 Å². The van der Waals surface area contributed by atoms with Gasteiger partial charge >= 0.3 is 6.18 Å². The van der Waals surface area contributed by atoms with Gasteiger partial charge in [-0.2, -0.15) is 13.2 Å². The first-order chi connectivity index (χ1) is 12.6. The molecule has 2 N–H and O–H groups in total. The van der Waals surface area contributed by atoms with Crippen LogP contribution in [0.3, 0.4) is 0 Å². The Labute approximate surface area is 159 Å². The monoisotopic (exact) mass is 399 g/mol. The van der Waals surface area contributed by atoms with Gasteiger partial charge in [-0.25, -0.2) is 0 Å². The van der Waals surface area contributed by atoms with Crippen molar-refractivity contribution in [3.8, 4) is 0 Å². The maximum absolute atomic E-state index is 12.9. The number of benzene rings is 2. The smallest absolute Gasteiger partial charge is 0.325 e. The fourth-order valence-electron chi connectivity index (χ4n) is 2.31. The highest BCUT2D eigenvalue weighted by atomic mass is 35.5. The first kappa shape index (κ1) is 20.7. The average molecular weight is 400 g/mol. The Morgan fingerprint density at radius 1 is 0.963 bits per heavy atom. The van der Waals surface area contributed by atoms with Crippen LogP contribution < -0.4 is 10.6 Å². The zero-order chi connectivity index (χ0) is 20.0.